The zero-order chi connectivity index (χ0) is 28.6. The number of aliphatic hydroxyl groups is 2. The van der Waals surface area contributed by atoms with Gasteiger partial charge in [0.2, 0.25) is 5.91 Å². The van der Waals surface area contributed by atoms with Crippen molar-refractivity contribution in [2.45, 2.75) is 136 Å². The van der Waals surface area contributed by atoms with Gasteiger partial charge in [-0.1, -0.05) is 19.3 Å². The van der Waals surface area contributed by atoms with Crippen molar-refractivity contribution in [2.24, 2.45) is 5.73 Å². The van der Waals surface area contributed by atoms with Gasteiger partial charge in [0, 0.05) is 25.2 Å². The third kappa shape index (κ3) is 26.6. The molecule has 0 spiro atoms. The molecule has 212 valence electrons. The second-order valence-corrected chi connectivity index (χ2v) is 11.9. The number of carbonyl (C=O) groups excluding carboxylic acids is 4. The van der Waals surface area contributed by atoms with Gasteiger partial charge in [-0.05, 0) is 81.1 Å². The molecule has 1 saturated heterocycles. The van der Waals surface area contributed by atoms with E-state index in [-0.39, 0.29) is 30.6 Å². The Bertz CT molecular complexity index is 638. The third-order valence-electron chi connectivity index (χ3n) is 4.80. The van der Waals surface area contributed by atoms with Crippen molar-refractivity contribution in [3.05, 3.63) is 0 Å². The molecule has 0 bridgehead atoms. The van der Waals surface area contributed by atoms with Gasteiger partial charge in [0.1, 0.15) is 5.60 Å². The zero-order valence-electron chi connectivity index (χ0n) is 23.7. The molecular weight excluding hydrogens is 466 g/mol. The van der Waals surface area contributed by atoms with E-state index in [1.807, 2.05) is 20.8 Å². The molecule has 2 rings (SSSR count). The van der Waals surface area contributed by atoms with Gasteiger partial charge in [-0.25, -0.2) is 4.79 Å². The van der Waals surface area contributed by atoms with E-state index in [1.165, 1.54) is 19.3 Å². The molecule has 0 aromatic heterocycles. The maximum atomic E-state index is 11.6. The Labute approximate surface area is 217 Å². The fourth-order valence-electron chi connectivity index (χ4n) is 3.35. The molecule has 10 nitrogen and oxygen atoms in total. The Hall–Kier alpha value is -2.00. The normalized spacial score (nSPS) is 17.0. The Morgan fingerprint density at radius 3 is 1.69 bits per heavy atom. The van der Waals surface area contributed by atoms with Crippen LogP contribution in [-0.2, 0) is 19.1 Å². The van der Waals surface area contributed by atoms with Gasteiger partial charge in [-0.2, -0.15) is 9.59 Å². The smallest absolute Gasteiger partial charge is 0.407 e. The average molecular weight is 518 g/mol. The largest absolute Gasteiger partial charge is 0.444 e. The number of alkyl carbamates (subject to hydrolysis) is 1. The lowest BCUT2D eigenvalue weighted by molar-refractivity contribution is -0.191. The van der Waals surface area contributed by atoms with Crippen molar-refractivity contribution >= 4 is 18.2 Å². The summed E-state index contributed by atoms with van der Waals surface area (Å²) in [6.07, 6.45) is 7.85. The Morgan fingerprint density at radius 1 is 0.917 bits per heavy atom. The van der Waals surface area contributed by atoms with Crippen molar-refractivity contribution in [1.82, 2.24) is 10.2 Å². The highest BCUT2D eigenvalue weighted by molar-refractivity contribution is 5.77. The molecule has 0 aromatic carbocycles. The first-order valence-corrected chi connectivity index (χ1v) is 12.7. The van der Waals surface area contributed by atoms with E-state index in [1.54, 1.807) is 39.5 Å². The van der Waals surface area contributed by atoms with E-state index in [4.69, 9.17) is 25.2 Å². The maximum absolute atomic E-state index is 11.6. The van der Waals surface area contributed by atoms with Crippen LogP contribution >= 0.6 is 0 Å². The minimum atomic E-state index is -0.906. The van der Waals surface area contributed by atoms with Crippen molar-refractivity contribution in [3.8, 4) is 0 Å². The van der Waals surface area contributed by atoms with Crippen LogP contribution < -0.4 is 11.1 Å². The number of nitrogens with zero attached hydrogens (tertiary/aromatic N) is 1. The zero-order valence-corrected chi connectivity index (χ0v) is 23.7. The maximum Gasteiger partial charge on any atom is 0.407 e. The van der Waals surface area contributed by atoms with E-state index in [9.17, 15) is 14.7 Å². The highest BCUT2D eigenvalue weighted by Crippen LogP contribution is 2.18. The van der Waals surface area contributed by atoms with Crippen molar-refractivity contribution in [1.29, 1.82) is 0 Å². The Morgan fingerprint density at radius 2 is 1.33 bits per heavy atom. The highest BCUT2D eigenvalue weighted by Gasteiger charge is 2.25. The van der Waals surface area contributed by atoms with Gasteiger partial charge < -0.3 is 30.9 Å². The van der Waals surface area contributed by atoms with Crippen LogP contribution in [0.25, 0.3) is 0 Å². The summed E-state index contributed by atoms with van der Waals surface area (Å²) >= 11 is 0. The first-order chi connectivity index (χ1) is 16.3. The number of hydrogen-bond donors (Lipinski definition) is 4. The van der Waals surface area contributed by atoms with E-state index < -0.39 is 16.8 Å². The van der Waals surface area contributed by atoms with Crippen LogP contribution in [0.1, 0.15) is 107 Å². The van der Waals surface area contributed by atoms with Gasteiger partial charge >= 0.3 is 12.2 Å². The summed E-state index contributed by atoms with van der Waals surface area (Å²) in [6.45, 7) is 15.6. The molecule has 2 aliphatic rings. The van der Waals surface area contributed by atoms with E-state index in [2.05, 4.69) is 5.32 Å². The second kappa shape index (κ2) is 17.5. The Balaban J connectivity index is 0. The van der Waals surface area contributed by atoms with Gasteiger partial charge in [0.25, 0.3) is 0 Å². The molecule has 0 unspecified atom stereocenters. The lowest BCUT2D eigenvalue weighted by Gasteiger charge is -2.31. The predicted molar refractivity (Wildman–Crippen MR) is 138 cm³/mol. The van der Waals surface area contributed by atoms with Crippen LogP contribution in [0.5, 0.6) is 0 Å². The third-order valence-corrected chi connectivity index (χ3v) is 4.80. The first-order valence-electron chi connectivity index (χ1n) is 12.7. The standard InChI is InChI=1S/C11H21NO2.C10H20N2O2.C4H10O.CO2/c1-11(2,3)14-10(13)12-9-7-5-4-6-8-9;1-10(2,14)7-9(13)12-5-3-8(11)4-6-12;1-4(2,3)5;2-1-3/h9H,4-8H2,1-3H3,(H,12,13);8,14H,3-7,11H2,1-2H3;5H,1-3H3;. The number of piperidine rings is 1. The predicted octanol–water partition coefficient (Wildman–Crippen LogP) is 3.13. The van der Waals surface area contributed by atoms with Crippen LogP contribution in [0, 0.1) is 0 Å². The van der Waals surface area contributed by atoms with Gasteiger partial charge in [0.15, 0.2) is 0 Å². The number of carbonyl (C=O) groups is 2. The quantitative estimate of drug-likeness (QED) is 0.444. The van der Waals surface area contributed by atoms with Gasteiger partial charge in [-0.15, -0.1) is 0 Å². The number of ether oxygens (including phenoxy) is 1. The Kier molecular flexibility index (Phi) is 17.5. The summed E-state index contributed by atoms with van der Waals surface area (Å²) < 4.78 is 5.19. The molecule has 5 N–H and O–H groups in total. The topological polar surface area (TPSA) is 159 Å². The summed E-state index contributed by atoms with van der Waals surface area (Å²) in [5.41, 5.74) is 3.94. The van der Waals surface area contributed by atoms with Crippen molar-refractivity contribution < 1.29 is 34.1 Å². The summed E-state index contributed by atoms with van der Waals surface area (Å²) in [7, 11) is 0. The molecular formula is C26H51N3O7. The second-order valence-electron chi connectivity index (χ2n) is 11.9. The molecule has 0 radical (unpaired) electrons. The molecule has 1 saturated carbocycles. The number of nitrogens with two attached hydrogens (primary N) is 1. The molecule has 1 aliphatic heterocycles. The highest BCUT2D eigenvalue weighted by atomic mass is 16.6. The van der Waals surface area contributed by atoms with Crippen LogP contribution in [0.15, 0.2) is 0 Å². The molecule has 10 heteroatoms. The van der Waals surface area contributed by atoms with E-state index in [0.717, 1.165) is 38.8 Å². The first kappa shape index (κ1) is 36.2. The fourth-order valence-corrected chi connectivity index (χ4v) is 3.35. The summed E-state index contributed by atoms with van der Waals surface area (Å²) in [4.78, 5) is 41.1. The number of likely N-dealkylation sites (tertiary alicyclic amines) is 1. The lowest BCUT2D eigenvalue weighted by Crippen LogP contribution is -2.44. The molecule has 1 aliphatic carbocycles. The van der Waals surface area contributed by atoms with Crippen LogP contribution in [-0.4, -0.2) is 75.2 Å². The molecule has 2 amide bonds. The van der Waals surface area contributed by atoms with E-state index >= 15 is 0 Å². The van der Waals surface area contributed by atoms with Crippen LogP contribution in [0.2, 0.25) is 0 Å². The number of hydrogen-bond acceptors (Lipinski definition) is 8. The van der Waals surface area contributed by atoms with Gasteiger partial charge in [-0.3, -0.25) is 4.79 Å². The summed E-state index contributed by atoms with van der Waals surface area (Å²) in [6, 6.07) is 0.569. The molecule has 0 atom stereocenters. The number of rotatable bonds is 3. The number of nitrogens with one attached hydrogen (secondary N) is 1. The van der Waals surface area contributed by atoms with Crippen LogP contribution in [0.3, 0.4) is 0 Å². The fraction of sp³-hybridized carbons (Fsp3) is 0.885. The SMILES string of the molecule is CC(C)(C)O.CC(C)(C)OC(=O)NC1CCCCC1.CC(C)(O)CC(=O)N1CCC(N)CC1.O=C=O. The summed E-state index contributed by atoms with van der Waals surface area (Å²) in [5.74, 6) is 0.0319. The monoisotopic (exact) mass is 517 g/mol. The van der Waals surface area contributed by atoms with Gasteiger partial charge in [0.05, 0.1) is 17.6 Å². The minimum Gasteiger partial charge on any atom is -0.444 e. The minimum absolute atomic E-state index is 0.0319. The lowest BCUT2D eigenvalue weighted by atomic mass is 9.96. The van der Waals surface area contributed by atoms with E-state index in [0.29, 0.717) is 6.04 Å². The molecule has 36 heavy (non-hydrogen) atoms. The van der Waals surface area contributed by atoms with Crippen molar-refractivity contribution in [3.63, 3.8) is 0 Å². The molecule has 1 heterocycles. The molecule has 0 aromatic rings. The number of amides is 2. The summed E-state index contributed by atoms with van der Waals surface area (Å²) in [5, 5.41) is 20.9. The van der Waals surface area contributed by atoms with Crippen LogP contribution in [0.4, 0.5) is 4.79 Å². The molecule has 2 fully saturated rings. The van der Waals surface area contributed by atoms with Crippen molar-refractivity contribution in [2.75, 3.05) is 13.1 Å². The average Bonchev–Trinajstić information content (AvgIpc) is 2.66.